The molecule has 2 unspecified atom stereocenters. The largest absolute Gasteiger partial charge is 0.354 e. The van der Waals surface area contributed by atoms with Crippen LogP contribution in [0.15, 0.2) is 18.5 Å². The number of aromatic nitrogens is 1. The van der Waals surface area contributed by atoms with Crippen molar-refractivity contribution in [1.82, 2.24) is 9.88 Å². The standard InChI is InChI=1S/C16H28N2/c1-3-8-18-9-7-16(13-18)12-17-11-15-6-4-5-14(2)10-15/h7,9,13-15,17H,3-6,8,10-12H2,1-2H3. The van der Waals surface area contributed by atoms with Crippen LogP contribution in [-0.2, 0) is 13.1 Å². The highest BCUT2D eigenvalue weighted by Gasteiger charge is 2.18. The van der Waals surface area contributed by atoms with Crippen LogP contribution in [0.1, 0.15) is 51.5 Å². The Morgan fingerprint density at radius 3 is 3.06 bits per heavy atom. The van der Waals surface area contributed by atoms with E-state index in [9.17, 15) is 0 Å². The first-order valence-corrected chi connectivity index (χ1v) is 7.63. The quantitative estimate of drug-likeness (QED) is 0.810. The van der Waals surface area contributed by atoms with Crippen molar-refractivity contribution in [1.29, 1.82) is 0 Å². The van der Waals surface area contributed by atoms with E-state index in [0.29, 0.717) is 0 Å². The van der Waals surface area contributed by atoms with Gasteiger partial charge in [-0.05, 0) is 49.3 Å². The molecule has 2 atom stereocenters. The molecule has 1 aromatic heterocycles. The minimum absolute atomic E-state index is 0.909. The van der Waals surface area contributed by atoms with Crippen molar-refractivity contribution < 1.29 is 0 Å². The lowest BCUT2D eigenvalue weighted by Gasteiger charge is -2.26. The zero-order chi connectivity index (χ0) is 12.8. The molecule has 1 saturated carbocycles. The minimum Gasteiger partial charge on any atom is -0.354 e. The van der Waals surface area contributed by atoms with Gasteiger partial charge in [0.05, 0.1) is 0 Å². The fourth-order valence-electron chi connectivity index (χ4n) is 3.16. The van der Waals surface area contributed by atoms with Gasteiger partial charge in [-0.1, -0.05) is 26.7 Å². The topological polar surface area (TPSA) is 17.0 Å². The average Bonchev–Trinajstić information content (AvgIpc) is 2.78. The van der Waals surface area contributed by atoms with Crippen LogP contribution in [0.5, 0.6) is 0 Å². The number of rotatable bonds is 6. The van der Waals surface area contributed by atoms with Gasteiger partial charge in [0.1, 0.15) is 0 Å². The molecule has 2 heteroatoms. The number of aryl methyl sites for hydroxylation is 1. The van der Waals surface area contributed by atoms with Gasteiger partial charge in [0.15, 0.2) is 0 Å². The summed E-state index contributed by atoms with van der Waals surface area (Å²) in [6, 6.07) is 2.24. The van der Waals surface area contributed by atoms with Gasteiger partial charge < -0.3 is 9.88 Å². The molecule has 0 spiro atoms. The number of hydrogen-bond donors (Lipinski definition) is 1. The molecule has 0 aliphatic heterocycles. The van der Waals surface area contributed by atoms with E-state index in [1.807, 2.05) is 0 Å². The highest BCUT2D eigenvalue weighted by atomic mass is 14.9. The molecule has 1 aromatic rings. The summed E-state index contributed by atoms with van der Waals surface area (Å²) in [5.41, 5.74) is 1.42. The second kappa shape index (κ2) is 6.98. The summed E-state index contributed by atoms with van der Waals surface area (Å²) in [6.45, 7) is 7.99. The monoisotopic (exact) mass is 248 g/mol. The molecule has 0 saturated heterocycles. The minimum atomic E-state index is 0.909. The molecule has 1 aliphatic rings. The van der Waals surface area contributed by atoms with Crippen LogP contribution in [0.2, 0.25) is 0 Å². The van der Waals surface area contributed by atoms with E-state index in [4.69, 9.17) is 0 Å². The fourth-order valence-corrected chi connectivity index (χ4v) is 3.16. The van der Waals surface area contributed by atoms with Crippen LogP contribution in [0.4, 0.5) is 0 Å². The lowest BCUT2D eigenvalue weighted by Crippen LogP contribution is -2.26. The molecule has 0 bridgehead atoms. The third-order valence-electron chi connectivity index (χ3n) is 4.10. The highest BCUT2D eigenvalue weighted by Crippen LogP contribution is 2.27. The van der Waals surface area contributed by atoms with Crippen LogP contribution in [0.25, 0.3) is 0 Å². The molecule has 2 rings (SSSR count). The van der Waals surface area contributed by atoms with Gasteiger partial charge in [0.25, 0.3) is 0 Å². The van der Waals surface area contributed by atoms with Crippen molar-refractivity contribution in [2.45, 2.75) is 59.0 Å². The Morgan fingerprint density at radius 1 is 1.39 bits per heavy atom. The van der Waals surface area contributed by atoms with E-state index >= 15 is 0 Å². The van der Waals surface area contributed by atoms with Crippen LogP contribution in [0.3, 0.4) is 0 Å². The van der Waals surface area contributed by atoms with Crippen LogP contribution in [0, 0.1) is 11.8 Å². The second-order valence-electron chi connectivity index (χ2n) is 6.03. The Labute approximate surface area is 112 Å². The Hall–Kier alpha value is -0.760. The fraction of sp³-hybridized carbons (Fsp3) is 0.750. The normalized spacial score (nSPS) is 24.3. The van der Waals surface area contributed by atoms with Crippen molar-refractivity contribution in [2.24, 2.45) is 11.8 Å². The summed E-state index contributed by atoms with van der Waals surface area (Å²) in [5.74, 6) is 1.85. The Morgan fingerprint density at radius 2 is 2.28 bits per heavy atom. The highest BCUT2D eigenvalue weighted by molar-refractivity contribution is 5.09. The molecule has 102 valence electrons. The van der Waals surface area contributed by atoms with Gasteiger partial charge in [-0.2, -0.15) is 0 Å². The van der Waals surface area contributed by atoms with Gasteiger partial charge in [0, 0.05) is 25.5 Å². The summed E-state index contributed by atoms with van der Waals surface area (Å²) in [7, 11) is 0. The van der Waals surface area contributed by atoms with E-state index < -0.39 is 0 Å². The van der Waals surface area contributed by atoms with Crippen molar-refractivity contribution in [3.8, 4) is 0 Å². The van der Waals surface area contributed by atoms with Gasteiger partial charge >= 0.3 is 0 Å². The molecule has 18 heavy (non-hydrogen) atoms. The summed E-state index contributed by atoms with van der Waals surface area (Å²) in [6.07, 6.45) is 11.4. The maximum atomic E-state index is 3.63. The van der Waals surface area contributed by atoms with Crippen molar-refractivity contribution >= 4 is 0 Å². The maximum Gasteiger partial charge on any atom is 0.0220 e. The summed E-state index contributed by atoms with van der Waals surface area (Å²) < 4.78 is 2.29. The predicted molar refractivity (Wildman–Crippen MR) is 77.6 cm³/mol. The van der Waals surface area contributed by atoms with E-state index in [-0.39, 0.29) is 0 Å². The molecule has 0 radical (unpaired) electrons. The lowest BCUT2D eigenvalue weighted by molar-refractivity contribution is 0.274. The SMILES string of the molecule is CCCn1ccc(CNCC2CCCC(C)C2)c1. The molecular weight excluding hydrogens is 220 g/mol. The first-order valence-electron chi connectivity index (χ1n) is 7.63. The molecular formula is C16H28N2. The summed E-state index contributed by atoms with van der Waals surface area (Å²) in [4.78, 5) is 0. The van der Waals surface area contributed by atoms with E-state index in [2.05, 4.69) is 42.2 Å². The first-order chi connectivity index (χ1) is 8.78. The Balaban J connectivity index is 1.67. The zero-order valence-corrected chi connectivity index (χ0v) is 12.0. The lowest BCUT2D eigenvalue weighted by atomic mass is 9.82. The third kappa shape index (κ3) is 4.16. The van der Waals surface area contributed by atoms with Crippen molar-refractivity contribution in [3.63, 3.8) is 0 Å². The second-order valence-corrected chi connectivity index (χ2v) is 6.03. The van der Waals surface area contributed by atoms with E-state index in [0.717, 1.165) is 24.9 Å². The molecule has 1 heterocycles. The van der Waals surface area contributed by atoms with Crippen LogP contribution in [-0.4, -0.2) is 11.1 Å². The van der Waals surface area contributed by atoms with Crippen molar-refractivity contribution in [2.75, 3.05) is 6.54 Å². The van der Waals surface area contributed by atoms with Crippen LogP contribution >= 0.6 is 0 Å². The van der Waals surface area contributed by atoms with E-state index in [1.165, 1.54) is 44.2 Å². The molecule has 0 amide bonds. The predicted octanol–water partition coefficient (Wildman–Crippen LogP) is 3.81. The molecule has 1 aliphatic carbocycles. The van der Waals surface area contributed by atoms with Gasteiger partial charge in [-0.3, -0.25) is 0 Å². The average molecular weight is 248 g/mol. The van der Waals surface area contributed by atoms with Crippen molar-refractivity contribution in [3.05, 3.63) is 24.0 Å². The molecule has 2 nitrogen and oxygen atoms in total. The molecule has 1 fully saturated rings. The summed E-state index contributed by atoms with van der Waals surface area (Å²) >= 11 is 0. The number of hydrogen-bond acceptors (Lipinski definition) is 1. The van der Waals surface area contributed by atoms with E-state index in [1.54, 1.807) is 0 Å². The van der Waals surface area contributed by atoms with Crippen LogP contribution < -0.4 is 5.32 Å². The first kappa shape index (κ1) is 13.7. The molecule has 1 N–H and O–H groups in total. The van der Waals surface area contributed by atoms with Gasteiger partial charge in [-0.25, -0.2) is 0 Å². The summed E-state index contributed by atoms with van der Waals surface area (Å²) in [5, 5.41) is 3.63. The van der Waals surface area contributed by atoms with Gasteiger partial charge in [0.2, 0.25) is 0 Å². The maximum absolute atomic E-state index is 3.63. The number of nitrogens with one attached hydrogen (secondary N) is 1. The smallest absolute Gasteiger partial charge is 0.0220 e. The van der Waals surface area contributed by atoms with Gasteiger partial charge in [-0.15, -0.1) is 0 Å². The Bertz CT molecular complexity index is 343. The number of nitrogens with zero attached hydrogens (tertiary/aromatic N) is 1. The zero-order valence-electron chi connectivity index (χ0n) is 12.0. The molecule has 0 aromatic carbocycles. The Kier molecular flexibility index (Phi) is 5.30. The third-order valence-corrected chi connectivity index (χ3v) is 4.10.